The number of unbranched alkanes of at least 4 members (excludes halogenated alkanes) is 13. The summed E-state index contributed by atoms with van der Waals surface area (Å²) in [6.45, 7) is 6.75. The van der Waals surface area contributed by atoms with Crippen molar-refractivity contribution in [2.24, 2.45) is 11.7 Å². The Balaban J connectivity index is 3.03. The van der Waals surface area contributed by atoms with Gasteiger partial charge in [0.1, 0.15) is 0 Å². The monoisotopic (exact) mass is 297 g/mol. The molecule has 0 spiro atoms. The summed E-state index contributed by atoms with van der Waals surface area (Å²) in [6, 6.07) is 0.419. The molecule has 0 saturated heterocycles. The van der Waals surface area contributed by atoms with Crippen molar-refractivity contribution in [1.29, 1.82) is 0 Å². The van der Waals surface area contributed by atoms with Crippen LogP contribution in [0.4, 0.5) is 0 Å². The van der Waals surface area contributed by atoms with E-state index in [0.29, 0.717) is 12.0 Å². The highest BCUT2D eigenvalue weighted by Gasteiger charge is 2.06. The average molecular weight is 298 g/mol. The van der Waals surface area contributed by atoms with E-state index in [4.69, 9.17) is 5.73 Å². The first-order chi connectivity index (χ1) is 10.2. The zero-order chi connectivity index (χ0) is 15.8. The predicted octanol–water partition coefficient (Wildman–Crippen LogP) is 6.84. The Morgan fingerprint density at radius 3 is 1.24 bits per heavy atom. The summed E-state index contributed by atoms with van der Waals surface area (Å²) >= 11 is 0. The summed E-state index contributed by atoms with van der Waals surface area (Å²) in [5.41, 5.74) is 6.06. The zero-order valence-electron chi connectivity index (χ0n) is 15.3. The molecule has 0 fully saturated rings. The van der Waals surface area contributed by atoms with E-state index < -0.39 is 0 Å². The minimum atomic E-state index is 0.419. The second kappa shape index (κ2) is 16.3. The first-order valence-electron chi connectivity index (χ1n) is 9.94. The van der Waals surface area contributed by atoms with E-state index in [0.717, 1.165) is 0 Å². The highest BCUT2D eigenvalue weighted by Crippen LogP contribution is 2.14. The third kappa shape index (κ3) is 16.2. The number of nitrogens with two attached hydrogens (primary N) is 1. The maximum atomic E-state index is 6.06. The van der Waals surface area contributed by atoms with E-state index in [2.05, 4.69) is 20.8 Å². The van der Waals surface area contributed by atoms with E-state index in [-0.39, 0.29) is 0 Å². The molecule has 0 aromatic heterocycles. The van der Waals surface area contributed by atoms with Crippen molar-refractivity contribution in [1.82, 2.24) is 0 Å². The molecular weight excluding hydrogens is 254 g/mol. The van der Waals surface area contributed by atoms with Gasteiger partial charge < -0.3 is 5.73 Å². The molecule has 21 heavy (non-hydrogen) atoms. The minimum absolute atomic E-state index is 0.419. The van der Waals surface area contributed by atoms with Gasteiger partial charge in [-0.3, -0.25) is 0 Å². The van der Waals surface area contributed by atoms with Crippen LogP contribution in [0.25, 0.3) is 0 Å². The van der Waals surface area contributed by atoms with Crippen LogP contribution in [0, 0.1) is 5.92 Å². The van der Waals surface area contributed by atoms with Crippen molar-refractivity contribution in [2.45, 2.75) is 123 Å². The van der Waals surface area contributed by atoms with E-state index in [1.54, 1.807) is 0 Å². The Labute approximate surface area is 135 Å². The standard InChI is InChI=1S/C20H43N/c1-4-5-6-7-8-9-10-11-12-13-14-15-16-17-18-20(21)19(2)3/h19-20H,4-18,21H2,1-3H3. The SMILES string of the molecule is CCCCCCCCCCCCCCCCC(N)C(C)C. The Morgan fingerprint density at radius 1 is 0.571 bits per heavy atom. The first kappa shape index (κ1) is 21.0. The average Bonchev–Trinajstić information content (AvgIpc) is 2.47. The molecule has 2 N–H and O–H groups in total. The summed E-state index contributed by atoms with van der Waals surface area (Å²) in [5, 5.41) is 0. The summed E-state index contributed by atoms with van der Waals surface area (Å²) in [4.78, 5) is 0. The van der Waals surface area contributed by atoms with Crippen LogP contribution in [-0.2, 0) is 0 Å². The molecular formula is C20H43N. The number of hydrogen-bond acceptors (Lipinski definition) is 1. The van der Waals surface area contributed by atoms with Crippen LogP contribution in [0.5, 0.6) is 0 Å². The van der Waals surface area contributed by atoms with Gasteiger partial charge in [-0.25, -0.2) is 0 Å². The third-order valence-corrected chi connectivity index (χ3v) is 4.75. The smallest absolute Gasteiger partial charge is 0.00618 e. The Kier molecular flexibility index (Phi) is 16.3. The van der Waals surface area contributed by atoms with Crippen LogP contribution >= 0.6 is 0 Å². The van der Waals surface area contributed by atoms with Gasteiger partial charge in [-0.05, 0) is 12.3 Å². The maximum absolute atomic E-state index is 6.06. The summed E-state index contributed by atoms with van der Waals surface area (Å²) in [5.74, 6) is 0.645. The number of rotatable bonds is 16. The fraction of sp³-hybridized carbons (Fsp3) is 1.00. The van der Waals surface area contributed by atoms with Gasteiger partial charge in [0.2, 0.25) is 0 Å². The van der Waals surface area contributed by atoms with Crippen molar-refractivity contribution in [3.05, 3.63) is 0 Å². The molecule has 1 atom stereocenters. The lowest BCUT2D eigenvalue weighted by Gasteiger charge is -2.14. The Hall–Kier alpha value is -0.0400. The molecule has 0 heterocycles. The van der Waals surface area contributed by atoms with Gasteiger partial charge in [0.15, 0.2) is 0 Å². The molecule has 0 aliphatic carbocycles. The lowest BCUT2D eigenvalue weighted by atomic mass is 9.98. The maximum Gasteiger partial charge on any atom is 0.00618 e. The minimum Gasteiger partial charge on any atom is -0.327 e. The lowest BCUT2D eigenvalue weighted by molar-refractivity contribution is 0.438. The summed E-state index contributed by atoms with van der Waals surface area (Å²) in [7, 11) is 0. The van der Waals surface area contributed by atoms with Crippen LogP contribution in [0.15, 0.2) is 0 Å². The molecule has 0 aliphatic heterocycles. The number of hydrogen-bond donors (Lipinski definition) is 1. The van der Waals surface area contributed by atoms with E-state index in [9.17, 15) is 0 Å². The quantitative estimate of drug-likeness (QED) is 0.310. The van der Waals surface area contributed by atoms with Gasteiger partial charge in [-0.15, -0.1) is 0 Å². The topological polar surface area (TPSA) is 26.0 Å². The van der Waals surface area contributed by atoms with Crippen LogP contribution in [0.1, 0.15) is 117 Å². The van der Waals surface area contributed by atoms with Crippen molar-refractivity contribution < 1.29 is 0 Å². The molecule has 0 saturated carbocycles. The first-order valence-corrected chi connectivity index (χ1v) is 9.94. The van der Waals surface area contributed by atoms with Gasteiger partial charge in [0.25, 0.3) is 0 Å². The molecule has 0 amide bonds. The van der Waals surface area contributed by atoms with Crippen LogP contribution in [0.2, 0.25) is 0 Å². The van der Waals surface area contributed by atoms with Gasteiger partial charge in [-0.1, -0.05) is 111 Å². The summed E-state index contributed by atoms with van der Waals surface area (Å²) < 4.78 is 0. The van der Waals surface area contributed by atoms with E-state index in [1.165, 1.54) is 96.3 Å². The molecule has 128 valence electrons. The van der Waals surface area contributed by atoms with E-state index in [1.807, 2.05) is 0 Å². The molecule has 0 radical (unpaired) electrons. The van der Waals surface area contributed by atoms with Gasteiger partial charge >= 0.3 is 0 Å². The van der Waals surface area contributed by atoms with Crippen molar-refractivity contribution in [3.63, 3.8) is 0 Å². The van der Waals surface area contributed by atoms with Crippen molar-refractivity contribution >= 4 is 0 Å². The van der Waals surface area contributed by atoms with Gasteiger partial charge in [0.05, 0.1) is 0 Å². The molecule has 0 bridgehead atoms. The molecule has 1 unspecified atom stereocenters. The Morgan fingerprint density at radius 2 is 0.905 bits per heavy atom. The zero-order valence-corrected chi connectivity index (χ0v) is 15.3. The van der Waals surface area contributed by atoms with Crippen LogP contribution < -0.4 is 5.73 Å². The van der Waals surface area contributed by atoms with E-state index >= 15 is 0 Å². The van der Waals surface area contributed by atoms with Crippen molar-refractivity contribution in [2.75, 3.05) is 0 Å². The summed E-state index contributed by atoms with van der Waals surface area (Å²) in [6.07, 6.45) is 21.3. The van der Waals surface area contributed by atoms with Gasteiger partial charge in [-0.2, -0.15) is 0 Å². The van der Waals surface area contributed by atoms with Crippen LogP contribution in [-0.4, -0.2) is 6.04 Å². The largest absolute Gasteiger partial charge is 0.327 e. The normalized spacial score (nSPS) is 13.0. The lowest BCUT2D eigenvalue weighted by Crippen LogP contribution is -2.25. The molecule has 1 nitrogen and oxygen atoms in total. The highest BCUT2D eigenvalue weighted by atomic mass is 14.6. The fourth-order valence-corrected chi connectivity index (χ4v) is 2.91. The van der Waals surface area contributed by atoms with Crippen LogP contribution in [0.3, 0.4) is 0 Å². The second-order valence-corrected chi connectivity index (χ2v) is 7.29. The molecule has 0 aromatic rings. The highest BCUT2D eigenvalue weighted by molar-refractivity contribution is 4.64. The van der Waals surface area contributed by atoms with Crippen molar-refractivity contribution in [3.8, 4) is 0 Å². The third-order valence-electron chi connectivity index (χ3n) is 4.75. The molecule has 0 aliphatic rings. The molecule has 1 heteroatoms. The fourth-order valence-electron chi connectivity index (χ4n) is 2.91. The molecule has 0 rings (SSSR count). The second-order valence-electron chi connectivity index (χ2n) is 7.29. The Bertz CT molecular complexity index is 188. The van der Waals surface area contributed by atoms with Gasteiger partial charge in [0, 0.05) is 6.04 Å². The molecule has 0 aromatic carbocycles. The predicted molar refractivity (Wildman–Crippen MR) is 97.7 cm³/mol.